The summed E-state index contributed by atoms with van der Waals surface area (Å²) in [4.78, 5) is 10.5. The molecule has 0 bridgehead atoms. The SMILES string of the molecule is NC(=O)CCCNC(=S)NC1CCCCC1. The average molecular weight is 243 g/mol. The Morgan fingerprint density at radius 2 is 2.00 bits per heavy atom. The van der Waals surface area contributed by atoms with E-state index in [-0.39, 0.29) is 5.91 Å². The number of carbonyl (C=O) groups is 1. The van der Waals surface area contributed by atoms with Crippen LogP contribution in [0, 0.1) is 0 Å². The van der Waals surface area contributed by atoms with Gasteiger partial charge in [-0.15, -0.1) is 0 Å². The van der Waals surface area contributed by atoms with Crippen LogP contribution in [0.2, 0.25) is 0 Å². The molecule has 0 unspecified atom stereocenters. The zero-order valence-electron chi connectivity index (χ0n) is 9.63. The number of nitrogens with one attached hydrogen (secondary N) is 2. The lowest BCUT2D eigenvalue weighted by atomic mass is 9.96. The first-order valence-electron chi connectivity index (χ1n) is 6.01. The molecule has 0 aliphatic heterocycles. The molecule has 0 radical (unpaired) electrons. The maximum Gasteiger partial charge on any atom is 0.217 e. The molecule has 0 atom stereocenters. The largest absolute Gasteiger partial charge is 0.370 e. The second-order valence-electron chi connectivity index (χ2n) is 4.31. The monoisotopic (exact) mass is 243 g/mol. The van der Waals surface area contributed by atoms with Crippen LogP contribution in [0.1, 0.15) is 44.9 Å². The molecule has 1 aliphatic carbocycles. The topological polar surface area (TPSA) is 67.2 Å². The maximum atomic E-state index is 10.5. The second-order valence-corrected chi connectivity index (χ2v) is 4.71. The zero-order valence-corrected chi connectivity index (χ0v) is 10.4. The molecule has 0 aromatic rings. The molecule has 92 valence electrons. The Morgan fingerprint density at radius 1 is 1.31 bits per heavy atom. The van der Waals surface area contributed by atoms with E-state index in [0.29, 0.717) is 24.1 Å². The lowest BCUT2D eigenvalue weighted by Crippen LogP contribution is -2.43. The average Bonchev–Trinajstić information content (AvgIpc) is 2.25. The fourth-order valence-corrected chi connectivity index (χ4v) is 2.22. The molecule has 1 aliphatic rings. The summed E-state index contributed by atoms with van der Waals surface area (Å²) in [6, 6.07) is 0.532. The van der Waals surface area contributed by atoms with E-state index in [0.717, 1.165) is 6.42 Å². The minimum Gasteiger partial charge on any atom is -0.370 e. The van der Waals surface area contributed by atoms with Crippen molar-refractivity contribution in [3.63, 3.8) is 0 Å². The molecular weight excluding hydrogens is 222 g/mol. The minimum atomic E-state index is -0.257. The molecule has 5 heteroatoms. The highest BCUT2D eigenvalue weighted by Crippen LogP contribution is 2.17. The molecular formula is C11H21N3OS. The summed E-state index contributed by atoms with van der Waals surface area (Å²) in [5.41, 5.74) is 5.04. The van der Waals surface area contributed by atoms with Crippen LogP contribution in [-0.4, -0.2) is 23.6 Å². The summed E-state index contributed by atoms with van der Waals surface area (Å²) in [5.74, 6) is -0.257. The van der Waals surface area contributed by atoms with Gasteiger partial charge in [-0.25, -0.2) is 0 Å². The van der Waals surface area contributed by atoms with Crippen molar-refractivity contribution in [3.05, 3.63) is 0 Å². The van der Waals surface area contributed by atoms with Gasteiger partial charge >= 0.3 is 0 Å². The van der Waals surface area contributed by atoms with Crippen LogP contribution in [0.25, 0.3) is 0 Å². The number of primary amides is 1. The first kappa shape index (κ1) is 13.2. The Hall–Kier alpha value is -0.840. The van der Waals surface area contributed by atoms with E-state index in [2.05, 4.69) is 10.6 Å². The maximum absolute atomic E-state index is 10.5. The van der Waals surface area contributed by atoms with Crippen molar-refractivity contribution in [3.8, 4) is 0 Å². The number of carbonyl (C=O) groups excluding carboxylic acids is 1. The van der Waals surface area contributed by atoms with Crippen LogP contribution in [0.5, 0.6) is 0 Å². The molecule has 1 saturated carbocycles. The summed E-state index contributed by atoms with van der Waals surface area (Å²) in [7, 11) is 0. The summed E-state index contributed by atoms with van der Waals surface area (Å²) < 4.78 is 0. The van der Waals surface area contributed by atoms with Gasteiger partial charge in [0, 0.05) is 19.0 Å². The summed E-state index contributed by atoms with van der Waals surface area (Å²) in [6.45, 7) is 0.710. The van der Waals surface area contributed by atoms with Crippen molar-refractivity contribution in [2.45, 2.75) is 51.0 Å². The zero-order chi connectivity index (χ0) is 11.8. The van der Waals surface area contributed by atoms with Gasteiger partial charge < -0.3 is 16.4 Å². The van der Waals surface area contributed by atoms with Crippen molar-refractivity contribution in [1.82, 2.24) is 10.6 Å². The van der Waals surface area contributed by atoms with E-state index in [9.17, 15) is 4.79 Å². The third-order valence-electron chi connectivity index (χ3n) is 2.83. The molecule has 1 rings (SSSR count). The van der Waals surface area contributed by atoms with E-state index < -0.39 is 0 Å². The van der Waals surface area contributed by atoms with E-state index in [1.807, 2.05) is 0 Å². The van der Waals surface area contributed by atoms with Crippen LogP contribution in [0.4, 0.5) is 0 Å². The van der Waals surface area contributed by atoms with Crippen molar-refractivity contribution >= 4 is 23.2 Å². The predicted octanol–water partition coefficient (Wildman–Crippen LogP) is 1.05. The van der Waals surface area contributed by atoms with Crippen LogP contribution in [0.3, 0.4) is 0 Å². The summed E-state index contributed by atoms with van der Waals surface area (Å²) >= 11 is 5.18. The molecule has 4 nitrogen and oxygen atoms in total. The van der Waals surface area contributed by atoms with Gasteiger partial charge in [0.2, 0.25) is 5.91 Å². The molecule has 16 heavy (non-hydrogen) atoms. The van der Waals surface area contributed by atoms with Crippen molar-refractivity contribution in [2.24, 2.45) is 5.73 Å². The lowest BCUT2D eigenvalue weighted by Gasteiger charge is -2.24. The number of rotatable bonds is 5. The minimum absolute atomic E-state index is 0.257. The second kappa shape index (κ2) is 7.44. The van der Waals surface area contributed by atoms with Gasteiger partial charge in [-0.3, -0.25) is 4.79 Å². The van der Waals surface area contributed by atoms with Gasteiger partial charge in [0.25, 0.3) is 0 Å². The Morgan fingerprint density at radius 3 is 2.62 bits per heavy atom. The lowest BCUT2D eigenvalue weighted by molar-refractivity contribution is -0.118. The van der Waals surface area contributed by atoms with E-state index >= 15 is 0 Å². The normalized spacial score (nSPS) is 16.8. The fraction of sp³-hybridized carbons (Fsp3) is 0.818. The van der Waals surface area contributed by atoms with Gasteiger partial charge in [0.15, 0.2) is 5.11 Å². The van der Waals surface area contributed by atoms with E-state index in [1.165, 1.54) is 32.1 Å². The molecule has 0 aromatic heterocycles. The third-order valence-corrected chi connectivity index (χ3v) is 3.09. The first-order chi connectivity index (χ1) is 7.68. The van der Waals surface area contributed by atoms with Gasteiger partial charge in [0.05, 0.1) is 0 Å². The number of hydrogen-bond acceptors (Lipinski definition) is 2. The van der Waals surface area contributed by atoms with Crippen LogP contribution < -0.4 is 16.4 Å². The highest BCUT2D eigenvalue weighted by molar-refractivity contribution is 7.80. The van der Waals surface area contributed by atoms with E-state index in [4.69, 9.17) is 18.0 Å². The Bertz CT molecular complexity index is 239. The molecule has 1 fully saturated rings. The van der Waals surface area contributed by atoms with Crippen molar-refractivity contribution < 1.29 is 4.79 Å². The van der Waals surface area contributed by atoms with E-state index in [1.54, 1.807) is 0 Å². The number of thiocarbonyl (C=S) groups is 1. The number of hydrogen-bond donors (Lipinski definition) is 3. The summed E-state index contributed by atoms with van der Waals surface area (Å²) in [5, 5.41) is 7.11. The summed E-state index contributed by atoms with van der Waals surface area (Å²) in [6.07, 6.45) is 7.51. The smallest absolute Gasteiger partial charge is 0.217 e. The van der Waals surface area contributed by atoms with Gasteiger partial charge in [-0.05, 0) is 31.5 Å². The molecule has 0 aromatic carbocycles. The quantitative estimate of drug-likeness (QED) is 0.499. The van der Waals surface area contributed by atoms with Gasteiger partial charge in [-0.2, -0.15) is 0 Å². The Balaban J connectivity index is 2.03. The van der Waals surface area contributed by atoms with Crippen LogP contribution in [0.15, 0.2) is 0 Å². The first-order valence-corrected chi connectivity index (χ1v) is 6.42. The van der Waals surface area contributed by atoms with Crippen LogP contribution in [-0.2, 0) is 4.79 Å². The Kier molecular flexibility index (Phi) is 6.15. The fourth-order valence-electron chi connectivity index (χ4n) is 1.95. The van der Waals surface area contributed by atoms with Crippen molar-refractivity contribution in [2.75, 3.05) is 6.54 Å². The van der Waals surface area contributed by atoms with Gasteiger partial charge in [-0.1, -0.05) is 19.3 Å². The standard InChI is InChI=1S/C11H21N3OS/c12-10(15)7-4-8-13-11(16)14-9-5-2-1-3-6-9/h9H,1-8H2,(H2,12,15)(H2,13,14,16). The molecule has 1 amide bonds. The Labute approximate surface area is 102 Å². The number of nitrogens with two attached hydrogens (primary N) is 1. The predicted molar refractivity (Wildman–Crippen MR) is 69.0 cm³/mol. The number of amides is 1. The molecule has 4 N–H and O–H groups in total. The molecule has 0 spiro atoms. The highest BCUT2D eigenvalue weighted by Gasteiger charge is 2.13. The van der Waals surface area contributed by atoms with Gasteiger partial charge in [0.1, 0.15) is 0 Å². The van der Waals surface area contributed by atoms with Crippen molar-refractivity contribution in [1.29, 1.82) is 0 Å². The molecule has 0 saturated heterocycles. The third kappa shape index (κ3) is 5.90. The highest BCUT2D eigenvalue weighted by atomic mass is 32.1. The molecule has 0 heterocycles. The van der Waals surface area contributed by atoms with Crippen LogP contribution >= 0.6 is 12.2 Å².